The quantitative estimate of drug-likeness (QED) is 0.441. The van der Waals surface area contributed by atoms with Crippen LogP contribution in [-0.4, -0.2) is 47.0 Å². The van der Waals surface area contributed by atoms with E-state index in [0.29, 0.717) is 0 Å². The molecule has 1 aliphatic carbocycles. The van der Waals surface area contributed by atoms with Crippen molar-refractivity contribution in [2.45, 2.75) is 52.4 Å². The van der Waals surface area contributed by atoms with Gasteiger partial charge >= 0.3 is 0 Å². The largest absolute Gasteiger partial charge is 0.352 e. The zero-order valence-corrected chi connectivity index (χ0v) is 21.1. The van der Waals surface area contributed by atoms with Crippen LogP contribution in [0, 0.1) is 5.92 Å². The molecule has 34 heavy (non-hydrogen) atoms. The van der Waals surface area contributed by atoms with Crippen molar-refractivity contribution in [2.24, 2.45) is 5.92 Å². The number of aromatic nitrogens is 2. The van der Waals surface area contributed by atoms with E-state index in [1.54, 1.807) is 6.08 Å². The van der Waals surface area contributed by atoms with Crippen LogP contribution in [0.1, 0.15) is 54.9 Å². The van der Waals surface area contributed by atoms with E-state index in [4.69, 9.17) is 9.97 Å². The normalized spacial score (nSPS) is 18.6. The maximum absolute atomic E-state index is 12.8. The fourth-order valence-electron chi connectivity index (χ4n) is 5.02. The molecule has 3 aromatic rings. The molecule has 1 unspecified atom stereocenters. The van der Waals surface area contributed by atoms with E-state index in [-0.39, 0.29) is 5.91 Å². The van der Waals surface area contributed by atoms with Crippen LogP contribution in [-0.2, 0) is 24.1 Å². The number of carbonyl (C=O) groups is 1. The van der Waals surface area contributed by atoms with Gasteiger partial charge in [-0.15, -0.1) is 11.3 Å². The van der Waals surface area contributed by atoms with E-state index in [2.05, 4.69) is 18.7 Å². The molecule has 5 nitrogen and oxygen atoms in total. The highest BCUT2D eigenvalue weighted by atomic mass is 32.1. The van der Waals surface area contributed by atoms with Crippen molar-refractivity contribution < 1.29 is 4.79 Å². The Morgan fingerprint density at radius 2 is 1.94 bits per heavy atom. The van der Waals surface area contributed by atoms with E-state index >= 15 is 0 Å². The highest BCUT2D eigenvalue weighted by Gasteiger charge is 2.28. The third-order valence-electron chi connectivity index (χ3n) is 7.05. The van der Waals surface area contributed by atoms with E-state index in [0.717, 1.165) is 81.4 Å². The van der Waals surface area contributed by atoms with E-state index < -0.39 is 0 Å². The van der Waals surface area contributed by atoms with Crippen molar-refractivity contribution in [1.82, 2.24) is 14.9 Å². The summed E-state index contributed by atoms with van der Waals surface area (Å²) in [5, 5.41) is 1.29. The smallest absolute Gasteiger partial charge is 0.246 e. The topological polar surface area (TPSA) is 49.3 Å². The van der Waals surface area contributed by atoms with Crippen molar-refractivity contribution in [1.29, 1.82) is 0 Å². The number of anilines is 1. The van der Waals surface area contributed by atoms with Gasteiger partial charge in [-0.3, -0.25) is 4.79 Å². The molecule has 178 valence electrons. The first kappa shape index (κ1) is 23.0. The zero-order chi connectivity index (χ0) is 23.5. The average Bonchev–Trinajstić information content (AvgIpc) is 3.23. The molecule has 1 amide bonds. The zero-order valence-electron chi connectivity index (χ0n) is 20.3. The monoisotopic (exact) mass is 474 g/mol. The molecule has 2 aliphatic rings. The predicted molar refractivity (Wildman–Crippen MR) is 141 cm³/mol. The number of rotatable bonds is 6. The van der Waals surface area contributed by atoms with Crippen LogP contribution in [0.25, 0.3) is 16.3 Å². The molecule has 0 N–H and O–H groups in total. The molecule has 1 atom stereocenters. The molecule has 0 saturated carbocycles. The number of thiophene rings is 1. The first-order chi connectivity index (χ1) is 16.6. The highest BCUT2D eigenvalue weighted by Crippen LogP contribution is 2.41. The molecule has 1 fully saturated rings. The van der Waals surface area contributed by atoms with Gasteiger partial charge in [-0.2, -0.15) is 0 Å². The van der Waals surface area contributed by atoms with Crippen LogP contribution < -0.4 is 4.90 Å². The van der Waals surface area contributed by atoms with Crippen molar-refractivity contribution in [3.8, 4) is 0 Å². The van der Waals surface area contributed by atoms with E-state index in [1.807, 2.05) is 52.6 Å². The van der Waals surface area contributed by atoms with Crippen LogP contribution >= 0.6 is 11.3 Å². The molecule has 6 heteroatoms. The Kier molecular flexibility index (Phi) is 6.95. The van der Waals surface area contributed by atoms with Crippen LogP contribution in [0.2, 0.25) is 0 Å². The first-order valence-electron chi connectivity index (χ1n) is 12.7. The molecule has 1 saturated heterocycles. The first-order valence-corrected chi connectivity index (χ1v) is 13.5. The molecule has 0 spiro atoms. The van der Waals surface area contributed by atoms with Crippen LogP contribution in [0.4, 0.5) is 5.82 Å². The second-order valence-corrected chi connectivity index (χ2v) is 10.7. The van der Waals surface area contributed by atoms with Gasteiger partial charge in [0.15, 0.2) is 0 Å². The van der Waals surface area contributed by atoms with Gasteiger partial charge in [-0.25, -0.2) is 9.97 Å². The third-order valence-corrected chi connectivity index (χ3v) is 8.19. The van der Waals surface area contributed by atoms with Gasteiger partial charge in [0.1, 0.15) is 16.5 Å². The second-order valence-electron chi connectivity index (χ2n) is 9.66. The van der Waals surface area contributed by atoms with Gasteiger partial charge in [-0.05, 0) is 48.8 Å². The number of aryl methyl sites for hydroxylation is 2. The number of benzene rings is 1. The van der Waals surface area contributed by atoms with Crippen LogP contribution in [0.5, 0.6) is 0 Å². The minimum Gasteiger partial charge on any atom is -0.352 e. The molecular formula is C28H34N4OS. The van der Waals surface area contributed by atoms with Gasteiger partial charge in [0.05, 0.1) is 5.39 Å². The number of carbonyl (C=O) groups excluding carboxylic acids is 1. The summed E-state index contributed by atoms with van der Waals surface area (Å²) < 4.78 is 0. The van der Waals surface area contributed by atoms with Gasteiger partial charge in [-0.1, -0.05) is 50.6 Å². The van der Waals surface area contributed by atoms with Crippen LogP contribution in [0.3, 0.4) is 0 Å². The van der Waals surface area contributed by atoms with Gasteiger partial charge < -0.3 is 9.80 Å². The Bertz CT molecular complexity index is 1180. The maximum atomic E-state index is 12.8. The minimum atomic E-state index is 0.0851. The molecule has 3 heterocycles. The fourth-order valence-corrected chi connectivity index (χ4v) is 6.41. The summed E-state index contributed by atoms with van der Waals surface area (Å²) in [6.45, 7) is 7.63. The summed E-state index contributed by atoms with van der Waals surface area (Å²) in [7, 11) is 0. The molecule has 0 bridgehead atoms. The Labute approximate surface area is 206 Å². The van der Waals surface area contributed by atoms with Gasteiger partial charge in [0.2, 0.25) is 5.91 Å². The lowest BCUT2D eigenvalue weighted by Gasteiger charge is -2.35. The van der Waals surface area contributed by atoms with Crippen LogP contribution in [0.15, 0.2) is 36.4 Å². The number of hydrogen-bond donors (Lipinski definition) is 0. The minimum absolute atomic E-state index is 0.0851. The summed E-state index contributed by atoms with van der Waals surface area (Å²) in [6.07, 6.45) is 10.3. The number of fused-ring (bicyclic) bond motifs is 3. The fraction of sp³-hybridized carbons (Fsp3) is 0.464. The molecule has 2 aromatic heterocycles. The van der Waals surface area contributed by atoms with Crippen molar-refractivity contribution in [3.05, 3.63) is 58.2 Å². The maximum Gasteiger partial charge on any atom is 0.246 e. The van der Waals surface area contributed by atoms with E-state index in [9.17, 15) is 4.79 Å². The summed E-state index contributed by atoms with van der Waals surface area (Å²) in [4.78, 5) is 29.9. The second kappa shape index (κ2) is 10.3. The van der Waals surface area contributed by atoms with Crippen molar-refractivity contribution >= 4 is 39.4 Å². The number of unbranched alkanes of at least 4 members (excludes halogenated alkanes) is 1. The Morgan fingerprint density at radius 1 is 1.15 bits per heavy atom. The lowest BCUT2D eigenvalue weighted by molar-refractivity contribution is -0.126. The van der Waals surface area contributed by atoms with Gasteiger partial charge in [0.25, 0.3) is 0 Å². The van der Waals surface area contributed by atoms with Crippen molar-refractivity contribution in [2.75, 3.05) is 31.1 Å². The van der Waals surface area contributed by atoms with E-state index in [1.165, 1.54) is 27.1 Å². The average molecular weight is 475 g/mol. The molecular weight excluding hydrogens is 440 g/mol. The summed E-state index contributed by atoms with van der Waals surface area (Å²) in [5.74, 6) is 2.91. The highest BCUT2D eigenvalue weighted by molar-refractivity contribution is 7.19. The lowest BCUT2D eigenvalue weighted by atomic mass is 9.89. The molecule has 5 rings (SSSR count). The Balaban J connectivity index is 1.36. The molecule has 1 aromatic carbocycles. The standard InChI is InChI=1S/C28H34N4OS/c1-3-4-10-24-29-27(26-22-13-11-20(2)19-23(22)34-28(26)30-24)32-17-15-31(16-18-32)25(33)14-12-21-8-6-5-7-9-21/h5-9,12,14,20H,3-4,10-11,13,15-19H2,1-2H3/b14-12+. The summed E-state index contributed by atoms with van der Waals surface area (Å²) in [5.41, 5.74) is 2.54. The lowest BCUT2D eigenvalue weighted by Crippen LogP contribution is -2.48. The third kappa shape index (κ3) is 4.88. The number of amides is 1. The van der Waals surface area contributed by atoms with Crippen molar-refractivity contribution in [3.63, 3.8) is 0 Å². The Hall–Kier alpha value is -2.73. The number of piperazine rings is 1. The SMILES string of the molecule is CCCCc1nc(N2CCN(C(=O)/C=C/c3ccccc3)CC2)c2c3c(sc2n1)CC(C)CC3. The molecule has 0 radical (unpaired) electrons. The Morgan fingerprint density at radius 3 is 2.71 bits per heavy atom. The molecule has 1 aliphatic heterocycles. The number of hydrogen-bond acceptors (Lipinski definition) is 5. The predicted octanol–water partition coefficient (Wildman–Crippen LogP) is 5.52. The summed E-state index contributed by atoms with van der Waals surface area (Å²) >= 11 is 1.89. The number of nitrogens with zero attached hydrogens (tertiary/aromatic N) is 4. The van der Waals surface area contributed by atoms with Gasteiger partial charge in [0, 0.05) is 43.6 Å². The summed E-state index contributed by atoms with van der Waals surface area (Å²) in [6, 6.07) is 10.00.